The summed E-state index contributed by atoms with van der Waals surface area (Å²) in [4.78, 5) is 14.8. The number of primary amides is 1. The lowest BCUT2D eigenvalue weighted by Gasteiger charge is -2.09. The molecule has 6 nitrogen and oxygen atoms in total. The zero-order valence-electron chi connectivity index (χ0n) is 12.1. The number of hydrogen-bond acceptors (Lipinski definition) is 4. The van der Waals surface area contributed by atoms with E-state index in [9.17, 15) is 4.79 Å². The van der Waals surface area contributed by atoms with Crippen LogP contribution in [0, 0.1) is 0 Å². The minimum atomic E-state index is -0.360. The van der Waals surface area contributed by atoms with Crippen molar-refractivity contribution in [1.29, 1.82) is 0 Å². The van der Waals surface area contributed by atoms with Gasteiger partial charge < -0.3 is 20.4 Å². The molecule has 0 aliphatic carbocycles. The summed E-state index contributed by atoms with van der Waals surface area (Å²) in [5.74, 6) is 0.362. The summed E-state index contributed by atoms with van der Waals surface area (Å²) in [6, 6.07) is 7.60. The van der Waals surface area contributed by atoms with Gasteiger partial charge in [-0.1, -0.05) is 0 Å². The SMILES string of the molecule is CCn1cncc1CNc1ccc(OCCC(N)=O)cc1. The number of nitrogens with two attached hydrogens (primary N) is 1. The highest BCUT2D eigenvalue weighted by Gasteiger charge is 2.01. The molecule has 0 radical (unpaired) electrons. The predicted molar refractivity (Wildman–Crippen MR) is 81.0 cm³/mol. The Hall–Kier alpha value is -2.50. The van der Waals surface area contributed by atoms with Crippen LogP contribution >= 0.6 is 0 Å². The fourth-order valence-corrected chi connectivity index (χ4v) is 1.91. The fourth-order valence-electron chi connectivity index (χ4n) is 1.91. The van der Waals surface area contributed by atoms with Crippen LogP contribution in [0.25, 0.3) is 0 Å². The summed E-state index contributed by atoms with van der Waals surface area (Å²) >= 11 is 0. The smallest absolute Gasteiger partial charge is 0.220 e. The molecule has 1 aromatic carbocycles. The summed E-state index contributed by atoms with van der Waals surface area (Å²) in [6.45, 7) is 4.01. The topological polar surface area (TPSA) is 82.2 Å². The van der Waals surface area contributed by atoms with Crippen molar-refractivity contribution in [2.75, 3.05) is 11.9 Å². The van der Waals surface area contributed by atoms with Crippen LogP contribution in [0.3, 0.4) is 0 Å². The number of nitrogens with one attached hydrogen (secondary N) is 1. The first-order valence-electron chi connectivity index (χ1n) is 6.93. The molecule has 0 saturated carbocycles. The third-order valence-corrected chi connectivity index (χ3v) is 3.08. The number of amides is 1. The van der Waals surface area contributed by atoms with Crippen molar-refractivity contribution >= 4 is 11.6 Å². The molecule has 112 valence electrons. The van der Waals surface area contributed by atoms with Gasteiger partial charge in [-0.05, 0) is 31.2 Å². The maximum Gasteiger partial charge on any atom is 0.220 e. The van der Waals surface area contributed by atoms with Crippen LogP contribution in [-0.2, 0) is 17.9 Å². The molecule has 6 heteroatoms. The van der Waals surface area contributed by atoms with Crippen LogP contribution in [0.4, 0.5) is 5.69 Å². The fraction of sp³-hybridized carbons (Fsp3) is 0.333. The normalized spacial score (nSPS) is 10.3. The minimum Gasteiger partial charge on any atom is -0.493 e. The standard InChI is InChI=1S/C15H20N4O2/c1-2-19-11-17-9-13(19)10-18-12-3-5-14(6-4-12)21-8-7-15(16)20/h3-6,9,11,18H,2,7-8,10H2,1H3,(H2,16,20). The van der Waals surface area contributed by atoms with Crippen molar-refractivity contribution in [2.45, 2.75) is 26.4 Å². The van der Waals surface area contributed by atoms with E-state index >= 15 is 0 Å². The molecule has 3 N–H and O–H groups in total. The number of hydrogen-bond donors (Lipinski definition) is 2. The highest BCUT2D eigenvalue weighted by molar-refractivity contribution is 5.73. The van der Waals surface area contributed by atoms with E-state index in [4.69, 9.17) is 10.5 Å². The number of carbonyl (C=O) groups excluding carboxylic acids is 1. The van der Waals surface area contributed by atoms with E-state index < -0.39 is 0 Å². The van der Waals surface area contributed by atoms with E-state index in [1.54, 1.807) is 0 Å². The highest BCUT2D eigenvalue weighted by atomic mass is 16.5. The van der Waals surface area contributed by atoms with E-state index in [1.165, 1.54) is 0 Å². The molecule has 0 aliphatic heterocycles. The number of ether oxygens (including phenoxy) is 1. The number of anilines is 1. The summed E-state index contributed by atoms with van der Waals surface area (Å²) in [5, 5.41) is 3.33. The Labute approximate surface area is 123 Å². The number of aryl methyl sites for hydroxylation is 1. The van der Waals surface area contributed by atoms with Crippen LogP contribution in [0.1, 0.15) is 19.0 Å². The molecule has 21 heavy (non-hydrogen) atoms. The average Bonchev–Trinajstić information content (AvgIpc) is 2.93. The lowest BCUT2D eigenvalue weighted by atomic mass is 10.3. The van der Waals surface area contributed by atoms with Crippen molar-refractivity contribution in [1.82, 2.24) is 9.55 Å². The number of aromatic nitrogens is 2. The molecule has 1 heterocycles. The number of imidazole rings is 1. The van der Waals surface area contributed by atoms with Crippen LogP contribution in [0.5, 0.6) is 5.75 Å². The lowest BCUT2D eigenvalue weighted by Crippen LogP contribution is -2.14. The van der Waals surface area contributed by atoms with Gasteiger partial charge in [-0.3, -0.25) is 4.79 Å². The Bertz CT molecular complexity index is 578. The molecule has 0 spiro atoms. The van der Waals surface area contributed by atoms with E-state index in [2.05, 4.69) is 21.8 Å². The van der Waals surface area contributed by atoms with E-state index in [1.807, 2.05) is 36.8 Å². The Kier molecular flexibility index (Phi) is 5.20. The van der Waals surface area contributed by atoms with Gasteiger partial charge in [0.2, 0.25) is 5.91 Å². The van der Waals surface area contributed by atoms with Crippen LogP contribution in [-0.4, -0.2) is 22.1 Å². The Balaban J connectivity index is 1.83. The Morgan fingerprint density at radius 3 is 2.81 bits per heavy atom. The van der Waals surface area contributed by atoms with E-state index in [0.29, 0.717) is 6.61 Å². The van der Waals surface area contributed by atoms with Gasteiger partial charge in [-0.25, -0.2) is 4.98 Å². The highest BCUT2D eigenvalue weighted by Crippen LogP contribution is 2.16. The largest absolute Gasteiger partial charge is 0.493 e. The lowest BCUT2D eigenvalue weighted by molar-refractivity contribution is -0.118. The van der Waals surface area contributed by atoms with Gasteiger partial charge in [0.1, 0.15) is 5.75 Å². The zero-order chi connectivity index (χ0) is 15.1. The van der Waals surface area contributed by atoms with Gasteiger partial charge in [-0.2, -0.15) is 0 Å². The molecule has 2 rings (SSSR count). The first kappa shape index (κ1) is 14.9. The average molecular weight is 288 g/mol. The Morgan fingerprint density at radius 2 is 2.14 bits per heavy atom. The predicted octanol–water partition coefficient (Wildman–Crippen LogP) is 1.77. The monoisotopic (exact) mass is 288 g/mol. The van der Waals surface area contributed by atoms with Crippen molar-refractivity contribution < 1.29 is 9.53 Å². The first-order valence-corrected chi connectivity index (χ1v) is 6.93. The maximum absolute atomic E-state index is 10.6. The number of nitrogens with zero attached hydrogens (tertiary/aromatic N) is 2. The van der Waals surface area contributed by atoms with E-state index in [0.717, 1.165) is 30.2 Å². The summed E-state index contributed by atoms with van der Waals surface area (Å²) in [5.41, 5.74) is 7.19. The zero-order valence-corrected chi connectivity index (χ0v) is 12.1. The van der Waals surface area contributed by atoms with Gasteiger partial charge in [0.15, 0.2) is 0 Å². The summed E-state index contributed by atoms with van der Waals surface area (Å²) in [7, 11) is 0. The van der Waals surface area contributed by atoms with Gasteiger partial charge in [-0.15, -0.1) is 0 Å². The van der Waals surface area contributed by atoms with Crippen molar-refractivity contribution in [2.24, 2.45) is 5.73 Å². The van der Waals surface area contributed by atoms with Crippen molar-refractivity contribution in [3.63, 3.8) is 0 Å². The van der Waals surface area contributed by atoms with Gasteiger partial charge in [0, 0.05) is 18.4 Å². The maximum atomic E-state index is 10.6. The molecular formula is C15H20N4O2. The van der Waals surface area contributed by atoms with Crippen LogP contribution < -0.4 is 15.8 Å². The quantitative estimate of drug-likeness (QED) is 0.775. The van der Waals surface area contributed by atoms with Gasteiger partial charge in [0.25, 0.3) is 0 Å². The molecule has 0 saturated heterocycles. The van der Waals surface area contributed by atoms with Gasteiger partial charge in [0.05, 0.1) is 31.6 Å². The number of carbonyl (C=O) groups is 1. The second-order valence-corrected chi connectivity index (χ2v) is 4.61. The van der Waals surface area contributed by atoms with Crippen LogP contribution in [0.15, 0.2) is 36.8 Å². The molecule has 0 atom stereocenters. The molecule has 0 fully saturated rings. The minimum absolute atomic E-state index is 0.223. The molecule has 1 aromatic heterocycles. The molecule has 0 aliphatic rings. The molecule has 0 unspecified atom stereocenters. The van der Waals surface area contributed by atoms with Crippen molar-refractivity contribution in [3.8, 4) is 5.75 Å². The number of rotatable bonds is 8. The third kappa shape index (κ3) is 4.52. The summed E-state index contributed by atoms with van der Waals surface area (Å²) in [6.07, 6.45) is 3.91. The molecule has 2 aromatic rings. The second kappa shape index (κ2) is 7.33. The second-order valence-electron chi connectivity index (χ2n) is 4.61. The summed E-state index contributed by atoms with van der Waals surface area (Å²) < 4.78 is 7.51. The van der Waals surface area contributed by atoms with Gasteiger partial charge >= 0.3 is 0 Å². The molecule has 0 bridgehead atoms. The van der Waals surface area contributed by atoms with Crippen molar-refractivity contribution in [3.05, 3.63) is 42.5 Å². The molecule has 1 amide bonds. The molecular weight excluding hydrogens is 268 g/mol. The Morgan fingerprint density at radius 1 is 1.38 bits per heavy atom. The first-order chi connectivity index (χ1) is 10.2. The number of benzene rings is 1. The van der Waals surface area contributed by atoms with E-state index in [-0.39, 0.29) is 12.3 Å². The van der Waals surface area contributed by atoms with Crippen LogP contribution in [0.2, 0.25) is 0 Å². The third-order valence-electron chi connectivity index (χ3n) is 3.08.